The van der Waals surface area contributed by atoms with E-state index in [0.29, 0.717) is 21.7 Å². The van der Waals surface area contributed by atoms with Gasteiger partial charge in [0.25, 0.3) is 0 Å². The van der Waals surface area contributed by atoms with E-state index in [1.807, 2.05) is 0 Å². The minimum absolute atomic E-state index is 0.239. The van der Waals surface area contributed by atoms with Crippen LogP contribution < -0.4 is 0 Å². The average Bonchev–Trinajstić information content (AvgIpc) is 2.47. The lowest BCUT2D eigenvalue weighted by Gasteiger charge is -2.08. The third-order valence-corrected chi connectivity index (χ3v) is 2.96. The summed E-state index contributed by atoms with van der Waals surface area (Å²) in [6.45, 7) is 1.94. The lowest BCUT2D eigenvalue weighted by atomic mass is 10.0. The fourth-order valence-electron chi connectivity index (χ4n) is 1.80. The van der Waals surface area contributed by atoms with E-state index in [2.05, 4.69) is 4.98 Å². The summed E-state index contributed by atoms with van der Waals surface area (Å²) in [6.07, 6.45) is 1.34. The third-order valence-electron chi connectivity index (χ3n) is 2.72. The first-order chi connectivity index (χ1) is 10.0. The molecule has 7 heteroatoms. The first-order valence-corrected chi connectivity index (χ1v) is 6.48. The quantitative estimate of drug-likeness (QED) is 0.490. The molecule has 0 fully saturated rings. The summed E-state index contributed by atoms with van der Waals surface area (Å²) in [4.78, 5) is 25.7. The Morgan fingerprint density at radius 3 is 2.71 bits per heavy atom. The molecule has 0 radical (unpaired) electrons. The molecule has 1 heterocycles. The van der Waals surface area contributed by atoms with Gasteiger partial charge in [-0.3, -0.25) is 0 Å². The number of carbonyl (C=O) groups excluding carboxylic acids is 1. The number of rotatable bonds is 4. The van der Waals surface area contributed by atoms with Gasteiger partial charge in [-0.15, -0.1) is 0 Å². The van der Waals surface area contributed by atoms with Crippen LogP contribution in [0, 0.1) is 10.1 Å². The summed E-state index contributed by atoms with van der Waals surface area (Å²) in [7, 11) is 0. The van der Waals surface area contributed by atoms with Gasteiger partial charge in [0.15, 0.2) is 0 Å². The van der Waals surface area contributed by atoms with Crippen LogP contribution in [-0.4, -0.2) is 22.5 Å². The zero-order valence-electron chi connectivity index (χ0n) is 11.1. The standard InChI is InChI=1S/C14H11ClN2O4/c1-2-21-14(18)12-7-10(15)4-5-11(12)9-3-6-13(16-8-9)17(19)20/h3-8H,2H2,1H3. The fraction of sp³-hybridized carbons (Fsp3) is 0.143. The summed E-state index contributed by atoms with van der Waals surface area (Å²) >= 11 is 5.90. The number of pyridine rings is 1. The largest absolute Gasteiger partial charge is 0.462 e. The summed E-state index contributed by atoms with van der Waals surface area (Å²) in [6, 6.07) is 7.57. The van der Waals surface area contributed by atoms with E-state index < -0.39 is 10.9 Å². The van der Waals surface area contributed by atoms with E-state index >= 15 is 0 Å². The third kappa shape index (κ3) is 3.35. The Bertz CT molecular complexity index is 686. The van der Waals surface area contributed by atoms with Gasteiger partial charge in [-0.25, -0.2) is 4.79 Å². The SMILES string of the molecule is CCOC(=O)c1cc(Cl)ccc1-c1ccc([N+](=O)[O-])nc1. The second kappa shape index (κ2) is 6.32. The molecule has 0 unspecified atom stereocenters. The molecule has 0 aliphatic rings. The first-order valence-electron chi connectivity index (χ1n) is 6.10. The first kappa shape index (κ1) is 14.9. The minimum atomic E-state index is -0.585. The molecule has 0 aliphatic heterocycles. The topological polar surface area (TPSA) is 82.3 Å². The van der Waals surface area contributed by atoms with Crippen molar-refractivity contribution in [2.24, 2.45) is 0 Å². The van der Waals surface area contributed by atoms with Crippen LogP contribution in [0.5, 0.6) is 0 Å². The van der Waals surface area contributed by atoms with Crippen molar-refractivity contribution >= 4 is 23.4 Å². The zero-order chi connectivity index (χ0) is 15.4. The summed E-state index contributed by atoms with van der Waals surface area (Å²) in [5, 5.41) is 11.0. The molecule has 2 aromatic rings. The monoisotopic (exact) mass is 306 g/mol. The molecular weight excluding hydrogens is 296 g/mol. The second-order valence-corrected chi connectivity index (χ2v) is 4.51. The molecule has 1 aromatic heterocycles. The number of hydrogen-bond donors (Lipinski definition) is 0. The molecular formula is C14H11ClN2O4. The predicted octanol–water partition coefficient (Wildman–Crippen LogP) is 3.49. The van der Waals surface area contributed by atoms with Crippen molar-refractivity contribution in [1.29, 1.82) is 0 Å². The van der Waals surface area contributed by atoms with Crippen molar-refractivity contribution in [3.63, 3.8) is 0 Å². The zero-order valence-corrected chi connectivity index (χ0v) is 11.8. The number of nitrogens with zero attached hydrogens (tertiary/aromatic N) is 2. The second-order valence-electron chi connectivity index (χ2n) is 4.07. The maximum atomic E-state index is 12.0. The van der Waals surface area contributed by atoms with Crippen LogP contribution in [0.2, 0.25) is 5.02 Å². The van der Waals surface area contributed by atoms with Crippen LogP contribution in [0.4, 0.5) is 5.82 Å². The molecule has 6 nitrogen and oxygen atoms in total. The van der Waals surface area contributed by atoms with Gasteiger partial charge in [-0.2, -0.15) is 0 Å². The fourth-order valence-corrected chi connectivity index (χ4v) is 1.97. The molecule has 0 saturated heterocycles. The Balaban J connectivity index is 2.47. The Morgan fingerprint density at radius 1 is 1.38 bits per heavy atom. The molecule has 1 aromatic carbocycles. The molecule has 21 heavy (non-hydrogen) atoms. The van der Waals surface area contributed by atoms with E-state index in [0.717, 1.165) is 0 Å². The molecule has 0 atom stereocenters. The summed E-state index contributed by atoms with van der Waals surface area (Å²) in [5.74, 6) is -0.765. The van der Waals surface area contributed by atoms with Gasteiger partial charge in [0, 0.05) is 22.2 Å². The number of esters is 1. The van der Waals surface area contributed by atoms with Gasteiger partial charge >= 0.3 is 11.8 Å². The predicted molar refractivity (Wildman–Crippen MR) is 77.3 cm³/mol. The van der Waals surface area contributed by atoms with Crippen molar-refractivity contribution in [2.75, 3.05) is 6.61 Å². The number of carbonyl (C=O) groups is 1. The van der Waals surface area contributed by atoms with E-state index in [1.54, 1.807) is 19.1 Å². The Hall–Kier alpha value is -2.47. The van der Waals surface area contributed by atoms with Gasteiger partial charge in [0.1, 0.15) is 6.20 Å². The molecule has 0 aliphatic carbocycles. The summed E-state index contributed by atoms with van der Waals surface area (Å²) in [5.41, 5.74) is 1.42. The van der Waals surface area contributed by atoms with E-state index in [1.165, 1.54) is 24.4 Å². The van der Waals surface area contributed by atoms with Gasteiger partial charge in [0.2, 0.25) is 0 Å². The highest BCUT2D eigenvalue weighted by Crippen LogP contribution is 2.27. The van der Waals surface area contributed by atoms with Crippen LogP contribution in [0.3, 0.4) is 0 Å². The average molecular weight is 307 g/mol. The number of hydrogen-bond acceptors (Lipinski definition) is 5. The van der Waals surface area contributed by atoms with Gasteiger partial charge in [0.05, 0.1) is 12.2 Å². The maximum Gasteiger partial charge on any atom is 0.363 e. The number of ether oxygens (including phenoxy) is 1. The number of nitro groups is 1. The molecule has 0 amide bonds. The maximum absolute atomic E-state index is 12.0. The van der Waals surface area contributed by atoms with Crippen molar-refractivity contribution in [3.05, 3.63) is 57.2 Å². The van der Waals surface area contributed by atoms with Crippen LogP contribution >= 0.6 is 11.6 Å². The van der Waals surface area contributed by atoms with E-state index in [4.69, 9.17) is 16.3 Å². The molecule has 0 spiro atoms. The van der Waals surface area contributed by atoms with Crippen molar-refractivity contribution in [3.8, 4) is 11.1 Å². The Kier molecular flexibility index (Phi) is 4.49. The molecule has 2 rings (SSSR count). The highest BCUT2D eigenvalue weighted by atomic mass is 35.5. The molecule has 108 valence electrons. The van der Waals surface area contributed by atoms with Gasteiger partial charge in [-0.05, 0) is 35.0 Å². The van der Waals surface area contributed by atoms with Crippen molar-refractivity contribution in [2.45, 2.75) is 6.92 Å². The minimum Gasteiger partial charge on any atom is -0.462 e. The molecule has 0 N–H and O–H groups in total. The van der Waals surface area contributed by atoms with E-state index in [9.17, 15) is 14.9 Å². The van der Waals surface area contributed by atoms with Crippen molar-refractivity contribution in [1.82, 2.24) is 4.98 Å². The smallest absolute Gasteiger partial charge is 0.363 e. The van der Waals surface area contributed by atoms with Crippen LogP contribution in [-0.2, 0) is 4.74 Å². The normalized spacial score (nSPS) is 10.2. The summed E-state index contributed by atoms with van der Waals surface area (Å²) < 4.78 is 4.98. The van der Waals surface area contributed by atoms with Gasteiger partial charge < -0.3 is 14.9 Å². The lowest BCUT2D eigenvalue weighted by molar-refractivity contribution is -0.389. The number of aromatic nitrogens is 1. The van der Waals surface area contributed by atoms with Crippen molar-refractivity contribution < 1.29 is 14.5 Å². The van der Waals surface area contributed by atoms with Crippen LogP contribution in [0.15, 0.2) is 36.5 Å². The molecule has 0 saturated carbocycles. The van der Waals surface area contributed by atoms with E-state index in [-0.39, 0.29) is 12.4 Å². The highest BCUT2D eigenvalue weighted by molar-refractivity contribution is 6.31. The van der Waals surface area contributed by atoms with Crippen LogP contribution in [0.1, 0.15) is 17.3 Å². The number of halogens is 1. The van der Waals surface area contributed by atoms with Crippen LogP contribution in [0.25, 0.3) is 11.1 Å². The lowest BCUT2D eigenvalue weighted by Crippen LogP contribution is -2.06. The Labute approximate surface area is 125 Å². The number of benzene rings is 1. The highest BCUT2D eigenvalue weighted by Gasteiger charge is 2.16. The van der Waals surface area contributed by atoms with Gasteiger partial charge in [-0.1, -0.05) is 17.7 Å². The molecule has 0 bridgehead atoms. The Morgan fingerprint density at radius 2 is 2.14 bits per heavy atom.